The van der Waals surface area contributed by atoms with Gasteiger partial charge >= 0.3 is 0 Å². The summed E-state index contributed by atoms with van der Waals surface area (Å²) < 4.78 is 5.17. The van der Waals surface area contributed by atoms with E-state index in [0.29, 0.717) is 23.4 Å². The second kappa shape index (κ2) is 8.30. The molecule has 0 bridgehead atoms. The molecule has 0 saturated carbocycles. The smallest absolute Gasteiger partial charge is 0.254 e. The van der Waals surface area contributed by atoms with E-state index >= 15 is 0 Å². The lowest BCUT2D eigenvalue weighted by Crippen LogP contribution is -2.35. The van der Waals surface area contributed by atoms with Crippen molar-refractivity contribution < 1.29 is 9.53 Å². The topological polar surface area (TPSA) is 62.4 Å². The van der Waals surface area contributed by atoms with Crippen LogP contribution in [0.3, 0.4) is 0 Å². The third-order valence-electron chi connectivity index (χ3n) is 4.74. The Labute approximate surface area is 165 Å². The van der Waals surface area contributed by atoms with Crippen LogP contribution in [0.2, 0.25) is 0 Å². The number of carbonyl (C=O) groups is 1. The van der Waals surface area contributed by atoms with Crippen LogP contribution in [0.15, 0.2) is 53.3 Å². The molecule has 3 rings (SSSR count). The normalized spacial score (nSPS) is 11.0. The van der Waals surface area contributed by atoms with Gasteiger partial charge in [0.2, 0.25) is 0 Å². The van der Waals surface area contributed by atoms with Gasteiger partial charge in [0.25, 0.3) is 11.5 Å². The van der Waals surface area contributed by atoms with Gasteiger partial charge in [-0.15, -0.1) is 0 Å². The molecule has 1 amide bonds. The summed E-state index contributed by atoms with van der Waals surface area (Å²) in [7, 11) is 1.59. The van der Waals surface area contributed by atoms with Crippen molar-refractivity contribution in [3.8, 4) is 5.75 Å². The standard InChI is InChI=1S/C23H26N2O3/c1-15(2)13-25(23(27)17-8-10-20(28-4)11-9-17)14-19-12-18-7-5-6-16(3)21(18)24-22(19)26/h5-12,15H,13-14H2,1-4H3,(H,24,26). The zero-order valence-electron chi connectivity index (χ0n) is 16.8. The Hall–Kier alpha value is -3.08. The first-order chi connectivity index (χ1) is 13.4. The average molecular weight is 378 g/mol. The summed E-state index contributed by atoms with van der Waals surface area (Å²) >= 11 is 0. The van der Waals surface area contributed by atoms with E-state index in [0.717, 1.165) is 16.5 Å². The summed E-state index contributed by atoms with van der Waals surface area (Å²) in [6.07, 6.45) is 0. The van der Waals surface area contributed by atoms with Gasteiger partial charge in [0.05, 0.1) is 19.2 Å². The summed E-state index contributed by atoms with van der Waals surface area (Å²) in [6.45, 7) is 6.92. The Balaban J connectivity index is 1.94. The van der Waals surface area contributed by atoms with Crippen molar-refractivity contribution >= 4 is 16.8 Å². The van der Waals surface area contributed by atoms with Gasteiger partial charge in [-0.2, -0.15) is 0 Å². The van der Waals surface area contributed by atoms with E-state index in [9.17, 15) is 9.59 Å². The molecule has 0 unspecified atom stereocenters. The van der Waals surface area contributed by atoms with Gasteiger partial charge in [0.15, 0.2) is 0 Å². The number of hydrogen-bond acceptors (Lipinski definition) is 3. The highest BCUT2D eigenvalue weighted by molar-refractivity contribution is 5.94. The van der Waals surface area contributed by atoms with E-state index in [4.69, 9.17) is 4.74 Å². The number of benzene rings is 2. The summed E-state index contributed by atoms with van der Waals surface area (Å²) in [5.74, 6) is 0.886. The fourth-order valence-electron chi connectivity index (χ4n) is 3.33. The van der Waals surface area contributed by atoms with Crippen molar-refractivity contribution in [2.24, 2.45) is 5.92 Å². The molecule has 0 saturated heterocycles. The number of ether oxygens (including phenoxy) is 1. The maximum absolute atomic E-state index is 13.1. The molecule has 1 heterocycles. The third-order valence-corrected chi connectivity index (χ3v) is 4.74. The Bertz CT molecular complexity index is 1040. The van der Waals surface area contributed by atoms with Crippen molar-refractivity contribution in [1.29, 1.82) is 0 Å². The van der Waals surface area contributed by atoms with E-state index in [2.05, 4.69) is 18.8 Å². The fraction of sp³-hybridized carbons (Fsp3) is 0.304. The molecule has 0 fully saturated rings. The van der Waals surface area contributed by atoms with E-state index in [-0.39, 0.29) is 23.9 Å². The molecule has 0 aliphatic heterocycles. The number of rotatable bonds is 6. The van der Waals surface area contributed by atoms with Crippen LogP contribution in [0.1, 0.15) is 35.3 Å². The molecule has 0 atom stereocenters. The van der Waals surface area contributed by atoms with E-state index in [1.807, 2.05) is 31.2 Å². The van der Waals surface area contributed by atoms with Crippen LogP contribution < -0.4 is 10.3 Å². The van der Waals surface area contributed by atoms with Crippen molar-refractivity contribution in [2.45, 2.75) is 27.3 Å². The maximum atomic E-state index is 13.1. The largest absolute Gasteiger partial charge is 0.497 e. The number of fused-ring (bicyclic) bond motifs is 1. The van der Waals surface area contributed by atoms with Crippen molar-refractivity contribution in [2.75, 3.05) is 13.7 Å². The third kappa shape index (κ3) is 4.25. The van der Waals surface area contributed by atoms with Gasteiger partial charge in [0, 0.05) is 17.7 Å². The molecule has 5 nitrogen and oxygen atoms in total. The molecule has 0 aliphatic carbocycles. The molecule has 5 heteroatoms. The molecule has 1 N–H and O–H groups in total. The molecule has 0 radical (unpaired) electrons. The first-order valence-corrected chi connectivity index (χ1v) is 9.44. The summed E-state index contributed by atoms with van der Waals surface area (Å²) in [5, 5.41) is 0.969. The van der Waals surface area contributed by atoms with Gasteiger partial charge in [0.1, 0.15) is 5.75 Å². The second-order valence-electron chi connectivity index (χ2n) is 7.47. The fourth-order valence-corrected chi connectivity index (χ4v) is 3.33. The number of nitrogens with zero attached hydrogens (tertiary/aromatic N) is 1. The second-order valence-corrected chi connectivity index (χ2v) is 7.47. The van der Waals surface area contributed by atoms with Crippen molar-refractivity contribution in [1.82, 2.24) is 9.88 Å². The highest BCUT2D eigenvalue weighted by atomic mass is 16.5. The molecular weight excluding hydrogens is 352 g/mol. The zero-order chi connectivity index (χ0) is 20.3. The van der Waals surface area contributed by atoms with E-state index < -0.39 is 0 Å². The lowest BCUT2D eigenvalue weighted by molar-refractivity contribution is 0.0722. The Morgan fingerprint density at radius 2 is 1.86 bits per heavy atom. The van der Waals surface area contributed by atoms with Crippen molar-refractivity contribution in [3.63, 3.8) is 0 Å². The van der Waals surface area contributed by atoms with Crippen LogP contribution in [0.5, 0.6) is 5.75 Å². The minimum Gasteiger partial charge on any atom is -0.497 e. The first-order valence-electron chi connectivity index (χ1n) is 9.44. The van der Waals surface area contributed by atoms with Gasteiger partial charge in [-0.3, -0.25) is 9.59 Å². The lowest BCUT2D eigenvalue weighted by Gasteiger charge is -2.25. The van der Waals surface area contributed by atoms with Crippen molar-refractivity contribution in [3.05, 3.63) is 75.6 Å². The number of para-hydroxylation sites is 1. The molecule has 2 aromatic carbocycles. The first kappa shape index (κ1) is 19.7. The predicted molar refractivity (Wildman–Crippen MR) is 112 cm³/mol. The number of aryl methyl sites for hydroxylation is 1. The van der Waals surface area contributed by atoms with E-state index in [1.54, 1.807) is 36.3 Å². The Morgan fingerprint density at radius 1 is 1.14 bits per heavy atom. The molecule has 28 heavy (non-hydrogen) atoms. The number of methoxy groups -OCH3 is 1. The minimum atomic E-state index is -0.155. The van der Waals surface area contributed by atoms with Crippen LogP contribution in [0.4, 0.5) is 0 Å². The molecular formula is C23H26N2O3. The highest BCUT2D eigenvalue weighted by Crippen LogP contribution is 2.18. The van der Waals surface area contributed by atoms with Crippen LogP contribution in [0.25, 0.3) is 10.9 Å². The summed E-state index contributed by atoms with van der Waals surface area (Å²) in [5.41, 5.74) is 2.87. The monoisotopic (exact) mass is 378 g/mol. The molecule has 0 aliphatic rings. The van der Waals surface area contributed by atoms with Crippen LogP contribution in [-0.4, -0.2) is 29.4 Å². The van der Waals surface area contributed by atoms with Crippen LogP contribution in [-0.2, 0) is 6.54 Å². The number of carbonyl (C=O) groups excluding carboxylic acids is 1. The quantitative estimate of drug-likeness (QED) is 0.701. The number of nitrogens with one attached hydrogen (secondary N) is 1. The number of amides is 1. The Morgan fingerprint density at radius 3 is 2.50 bits per heavy atom. The predicted octanol–water partition coefficient (Wildman–Crippen LogP) is 4.14. The minimum absolute atomic E-state index is 0.0971. The van der Waals surface area contributed by atoms with Gasteiger partial charge in [-0.05, 0) is 54.1 Å². The lowest BCUT2D eigenvalue weighted by atomic mass is 10.1. The van der Waals surface area contributed by atoms with Gasteiger partial charge in [-0.1, -0.05) is 32.0 Å². The molecule has 146 valence electrons. The summed E-state index contributed by atoms with van der Waals surface area (Å²) in [4.78, 5) is 30.4. The average Bonchev–Trinajstić information content (AvgIpc) is 2.68. The number of hydrogen-bond donors (Lipinski definition) is 1. The van der Waals surface area contributed by atoms with E-state index in [1.165, 1.54) is 0 Å². The zero-order valence-corrected chi connectivity index (χ0v) is 16.8. The number of aromatic nitrogens is 1. The van der Waals surface area contributed by atoms with Gasteiger partial charge in [-0.25, -0.2) is 0 Å². The van der Waals surface area contributed by atoms with Gasteiger partial charge < -0.3 is 14.6 Å². The molecule has 1 aromatic heterocycles. The van der Waals surface area contributed by atoms with Crippen LogP contribution in [0, 0.1) is 12.8 Å². The molecule has 0 spiro atoms. The number of aromatic amines is 1. The highest BCUT2D eigenvalue weighted by Gasteiger charge is 2.19. The number of pyridine rings is 1. The molecule has 3 aromatic rings. The van der Waals surface area contributed by atoms with Crippen LogP contribution >= 0.6 is 0 Å². The number of H-pyrrole nitrogens is 1. The summed E-state index contributed by atoms with van der Waals surface area (Å²) in [6, 6.07) is 14.8. The maximum Gasteiger partial charge on any atom is 0.254 e. The Kier molecular flexibility index (Phi) is 5.83. The SMILES string of the molecule is COc1ccc(C(=O)N(Cc2cc3cccc(C)c3[nH]c2=O)CC(C)C)cc1.